The topological polar surface area (TPSA) is 35.2 Å². The first-order chi connectivity index (χ1) is 7.81. The lowest BCUT2D eigenvalue weighted by Gasteiger charge is -2.17. The van der Waals surface area contributed by atoms with Gasteiger partial charge >= 0.3 is 0 Å². The quantitative estimate of drug-likeness (QED) is 0.876. The molecule has 0 radical (unpaired) electrons. The van der Waals surface area contributed by atoms with Crippen LogP contribution in [-0.2, 0) is 6.42 Å². The molecule has 0 spiro atoms. The average molecular weight is 240 g/mol. The van der Waals surface area contributed by atoms with Crippen molar-refractivity contribution in [3.8, 4) is 5.75 Å². The number of benzene rings is 1. The Kier molecular flexibility index (Phi) is 4.08. The van der Waals surface area contributed by atoms with Crippen molar-refractivity contribution in [2.75, 3.05) is 6.54 Å². The maximum absolute atomic E-state index is 6.16. The number of hydrogen-bond donors (Lipinski definition) is 1. The van der Waals surface area contributed by atoms with Crippen LogP contribution in [-0.4, -0.2) is 12.6 Å². The van der Waals surface area contributed by atoms with Gasteiger partial charge in [0.15, 0.2) is 0 Å². The maximum Gasteiger partial charge on any atom is 0.124 e. The Morgan fingerprint density at radius 1 is 1.31 bits per heavy atom. The lowest BCUT2D eigenvalue weighted by Crippen LogP contribution is -2.13. The van der Waals surface area contributed by atoms with E-state index in [1.165, 1.54) is 12.8 Å². The van der Waals surface area contributed by atoms with Crippen LogP contribution in [0.5, 0.6) is 5.75 Å². The summed E-state index contributed by atoms with van der Waals surface area (Å²) < 4.78 is 6.00. The molecule has 2 rings (SSSR count). The summed E-state index contributed by atoms with van der Waals surface area (Å²) in [6, 6.07) is 5.83. The first kappa shape index (κ1) is 11.7. The van der Waals surface area contributed by atoms with E-state index >= 15 is 0 Å². The highest BCUT2D eigenvalue weighted by Gasteiger charge is 2.18. The number of hydrogen-bond acceptors (Lipinski definition) is 2. The molecule has 2 N–H and O–H groups in total. The molecule has 1 fully saturated rings. The summed E-state index contributed by atoms with van der Waals surface area (Å²) in [5, 5.41) is 0.765. The molecule has 1 aromatic rings. The van der Waals surface area contributed by atoms with Gasteiger partial charge in [-0.1, -0.05) is 17.7 Å². The summed E-state index contributed by atoms with van der Waals surface area (Å²) >= 11 is 6.16. The summed E-state index contributed by atoms with van der Waals surface area (Å²) in [7, 11) is 0. The first-order valence-electron chi connectivity index (χ1n) is 5.95. The third kappa shape index (κ3) is 2.69. The smallest absolute Gasteiger partial charge is 0.124 e. The SMILES string of the molecule is NCCc1c(Cl)cccc1OC1CCCC1. The molecule has 16 heavy (non-hydrogen) atoms. The molecule has 1 aliphatic rings. The predicted octanol–water partition coefficient (Wildman–Crippen LogP) is 3.16. The Labute approximate surface area is 102 Å². The molecule has 1 aromatic carbocycles. The molecule has 1 aliphatic carbocycles. The molecule has 1 saturated carbocycles. The van der Waals surface area contributed by atoms with Crippen LogP contribution >= 0.6 is 11.6 Å². The van der Waals surface area contributed by atoms with Crippen LogP contribution in [0.4, 0.5) is 0 Å². The second kappa shape index (κ2) is 5.55. The van der Waals surface area contributed by atoms with Gasteiger partial charge in [0.05, 0.1) is 6.10 Å². The van der Waals surface area contributed by atoms with Crippen molar-refractivity contribution in [3.05, 3.63) is 28.8 Å². The fourth-order valence-electron chi connectivity index (χ4n) is 2.22. The predicted molar refractivity (Wildman–Crippen MR) is 67.1 cm³/mol. The van der Waals surface area contributed by atoms with Crippen LogP contribution in [0.25, 0.3) is 0 Å². The van der Waals surface area contributed by atoms with E-state index in [9.17, 15) is 0 Å². The molecule has 0 atom stereocenters. The molecule has 0 aromatic heterocycles. The Balaban J connectivity index is 2.14. The van der Waals surface area contributed by atoms with Gasteiger partial charge in [0.25, 0.3) is 0 Å². The van der Waals surface area contributed by atoms with Crippen molar-refractivity contribution in [1.29, 1.82) is 0 Å². The largest absolute Gasteiger partial charge is 0.490 e. The van der Waals surface area contributed by atoms with E-state index in [2.05, 4.69) is 0 Å². The van der Waals surface area contributed by atoms with Gasteiger partial charge in [-0.25, -0.2) is 0 Å². The molecule has 0 saturated heterocycles. The normalized spacial score (nSPS) is 16.6. The molecular weight excluding hydrogens is 222 g/mol. The van der Waals surface area contributed by atoms with Crippen LogP contribution in [0.3, 0.4) is 0 Å². The minimum absolute atomic E-state index is 0.370. The van der Waals surface area contributed by atoms with Crippen molar-refractivity contribution in [1.82, 2.24) is 0 Å². The molecule has 0 amide bonds. The van der Waals surface area contributed by atoms with Gasteiger partial charge in [-0.2, -0.15) is 0 Å². The number of halogens is 1. The Bertz CT molecular complexity index is 348. The third-order valence-corrected chi connectivity index (χ3v) is 3.42. The van der Waals surface area contributed by atoms with E-state index in [1.54, 1.807) is 0 Å². The van der Waals surface area contributed by atoms with Crippen LogP contribution < -0.4 is 10.5 Å². The molecule has 0 aliphatic heterocycles. The minimum atomic E-state index is 0.370. The van der Waals surface area contributed by atoms with Crippen LogP contribution in [0.15, 0.2) is 18.2 Å². The minimum Gasteiger partial charge on any atom is -0.490 e. The van der Waals surface area contributed by atoms with E-state index < -0.39 is 0 Å². The van der Waals surface area contributed by atoms with Crippen molar-refractivity contribution in [3.63, 3.8) is 0 Å². The van der Waals surface area contributed by atoms with Gasteiger partial charge in [0, 0.05) is 10.6 Å². The molecule has 2 nitrogen and oxygen atoms in total. The molecule has 0 unspecified atom stereocenters. The monoisotopic (exact) mass is 239 g/mol. The van der Waals surface area contributed by atoms with Gasteiger partial charge in [-0.3, -0.25) is 0 Å². The number of ether oxygens (including phenoxy) is 1. The number of rotatable bonds is 4. The summed E-state index contributed by atoms with van der Waals surface area (Å²) in [4.78, 5) is 0. The standard InChI is InChI=1S/C13H18ClNO/c14-12-6-3-7-13(11(12)8-9-15)16-10-4-1-2-5-10/h3,6-7,10H,1-2,4-5,8-9,15H2. The summed E-state index contributed by atoms with van der Waals surface area (Å²) in [6.45, 7) is 0.602. The first-order valence-corrected chi connectivity index (χ1v) is 6.33. The average Bonchev–Trinajstić information content (AvgIpc) is 2.76. The molecular formula is C13H18ClNO. The van der Waals surface area contributed by atoms with E-state index in [4.69, 9.17) is 22.1 Å². The van der Waals surface area contributed by atoms with Crippen molar-refractivity contribution in [2.24, 2.45) is 5.73 Å². The van der Waals surface area contributed by atoms with Gasteiger partial charge in [-0.15, -0.1) is 0 Å². The van der Waals surface area contributed by atoms with Crippen LogP contribution in [0.1, 0.15) is 31.2 Å². The molecule has 3 heteroatoms. The van der Waals surface area contributed by atoms with Crippen molar-refractivity contribution in [2.45, 2.75) is 38.2 Å². The molecule has 0 heterocycles. The number of nitrogens with two attached hydrogens (primary N) is 1. The maximum atomic E-state index is 6.16. The van der Waals surface area contributed by atoms with Gasteiger partial charge < -0.3 is 10.5 Å². The summed E-state index contributed by atoms with van der Waals surface area (Å²) in [5.41, 5.74) is 6.65. The van der Waals surface area contributed by atoms with Crippen molar-refractivity contribution < 1.29 is 4.74 Å². The second-order valence-electron chi connectivity index (χ2n) is 4.28. The van der Waals surface area contributed by atoms with E-state index in [-0.39, 0.29) is 0 Å². The fourth-order valence-corrected chi connectivity index (χ4v) is 2.48. The highest BCUT2D eigenvalue weighted by Crippen LogP contribution is 2.30. The molecule has 88 valence electrons. The zero-order chi connectivity index (χ0) is 11.4. The summed E-state index contributed by atoms with van der Waals surface area (Å²) in [5.74, 6) is 0.921. The van der Waals surface area contributed by atoms with Gasteiger partial charge in [0.2, 0.25) is 0 Å². The van der Waals surface area contributed by atoms with E-state index in [0.29, 0.717) is 12.6 Å². The van der Waals surface area contributed by atoms with Gasteiger partial charge in [-0.05, 0) is 50.8 Å². The van der Waals surface area contributed by atoms with Gasteiger partial charge in [0.1, 0.15) is 5.75 Å². The fraction of sp³-hybridized carbons (Fsp3) is 0.538. The van der Waals surface area contributed by atoms with Crippen LogP contribution in [0.2, 0.25) is 5.02 Å². The second-order valence-corrected chi connectivity index (χ2v) is 4.69. The summed E-state index contributed by atoms with van der Waals surface area (Å²) in [6.07, 6.45) is 6.02. The zero-order valence-corrected chi connectivity index (χ0v) is 10.2. The highest BCUT2D eigenvalue weighted by molar-refractivity contribution is 6.31. The Hall–Kier alpha value is -0.730. The third-order valence-electron chi connectivity index (χ3n) is 3.07. The Morgan fingerprint density at radius 3 is 2.75 bits per heavy atom. The van der Waals surface area contributed by atoms with Crippen LogP contribution in [0, 0.1) is 0 Å². The van der Waals surface area contributed by atoms with Crippen molar-refractivity contribution >= 4 is 11.6 Å². The van der Waals surface area contributed by atoms with E-state index in [0.717, 1.165) is 35.6 Å². The zero-order valence-electron chi connectivity index (χ0n) is 9.42. The highest BCUT2D eigenvalue weighted by atomic mass is 35.5. The Morgan fingerprint density at radius 2 is 2.06 bits per heavy atom. The lowest BCUT2D eigenvalue weighted by molar-refractivity contribution is 0.208. The molecule has 0 bridgehead atoms. The lowest BCUT2D eigenvalue weighted by atomic mass is 10.1. The van der Waals surface area contributed by atoms with E-state index in [1.807, 2.05) is 18.2 Å².